The molecular formula is C21H17FN4O. The zero-order chi connectivity index (χ0) is 18.6. The summed E-state index contributed by atoms with van der Waals surface area (Å²) >= 11 is 0. The maximum absolute atomic E-state index is 13.7. The third-order valence-corrected chi connectivity index (χ3v) is 4.30. The van der Waals surface area contributed by atoms with Gasteiger partial charge < -0.3 is 10.3 Å². The van der Waals surface area contributed by atoms with Gasteiger partial charge in [0.15, 0.2) is 5.76 Å². The van der Waals surface area contributed by atoms with Crippen LogP contribution in [0.2, 0.25) is 0 Å². The predicted octanol–water partition coefficient (Wildman–Crippen LogP) is 4.03. The molecule has 5 nitrogen and oxygen atoms in total. The maximum Gasteiger partial charge on any atom is 0.216 e. The van der Waals surface area contributed by atoms with Crippen molar-refractivity contribution < 1.29 is 8.91 Å². The summed E-state index contributed by atoms with van der Waals surface area (Å²) in [6.07, 6.45) is 4.22. The van der Waals surface area contributed by atoms with E-state index in [0.29, 0.717) is 30.0 Å². The molecule has 0 fully saturated rings. The fourth-order valence-corrected chi connectivity index (χ4v) is 2.90. The van der Waals surface area contributed by atoms with E-state index in [1.54, 1.807) is 24.4 Å². The van der Waals surface area contributed by atoms with Crippen LogP contribution in [0.3, 0.4) is 0 Å². The minimum Gasteiger partial charge on any atom is -0.383 e. The number of hydrogen-bond acceptors (Lipinski definition) is 5. The van der Waals surface area contributed by atoms with Gasteiger partial charge >= 0.3 is 0 Å². The number of anilines is 1. The second-order valence-corrected chi connectivity index (χ2v) is 6.24. The van der Waals surface area contributed by atoms with Crippen molar-refractivity contribution in [2.45, 2.75) is 12.8 Å². The SMILES string of the molecule is Nc1ncccc1-c1cc(Cc2ccc(Cc3cccnc3F)cc2)no1. The first-order valence-corrected chi connectivity index (χ1v) is 8.53. The van der Waals surface area contributed by atoms with E-state index in [4.69, 9.17) is 10.3 Å². The normalized spacial score (nSPS) is 10.9. The molecule has 0 atom stereocenters. The van der Waals surface area contributed by atoms with Crippen LogP contribution in [0, 0.1) is 5.95 Å². The number of rotatable bonds is 5. The number of benzene rings is 1. The van der Waals surface area contributed by atoms with Crippen molar-refractivity contribution in [2.75, 3.05) is 5.73 Å². The highest BCUT2D eigenvalue weighted by Crippen LogP contribution is 2.25. The van der Waals surface area contributed by atoms with Crippen LogP contribution in [-0.2, 0) is 12.8 Å². The Morgan fingerprint density at radius 1 is 0.889 bits per heavy atom. The van der Waals surface area contributed by atoms with Gasteiger partial charge in [-0.05, 0) is 29.3 Å². The van der Waals surface area contributed by atoms with Gasteiger partial charge in [0.05, 0.1) is 11.3 Å². The fraction of sp³-hybridized carbons (Fsp3) is 0.0952. The van der Waals surface area contributed by atoms with Gasteiger partial charge in [-0.25, -0.2) is 9.97 Å². The van der Waals surface area contributed by atoms with E-state index in [1.807, 2.05) is 36.4 Å². The molecule has 4 aromatic rings. The number of halogens is 1. The maximum atomic E-state index is 13.7. The summed E-state index contributed by atoms with van der Waals surface area (Å²) in [5.74, 6) is 0.581. The van der Waals surface area contributed by atoms with Gasteiger partial charge in [0.25, 0.3) is 0 Å². The van der Waals surface area contributed by atoms with Crippen LogP contribution >= 0.6 is 0 Å². The Balaban J connectivity index is 1.46. The second kappa shape index (κ2) is 7.37. The molecule has 0 amide bonds. The van der Waals surface area contributed by atoms with Crippen molar-refractivity contribution in [3.8, 4) is 11.3 Å². The van der Waals surface area contributed by atoms with E-state index < -0.39 is 5.95 Å². The molecule has 3 aromatic heterocycles. The van der Waals surface area contributed by atoms with Gasteiger partial charge in [-0.2, -0.15) is 4.39 Å². The molecule has 6 heteroatoms. The molecule has 0 spiro atoms. The fourth-order valence-electron chi connectivity index (χ4n) is 2.90. The largest absolute Gasteiger partial charge is 0.383 e. The Morgan fingerprint density at radius 2 is 1.59 bits per heavy atom. The second-order valence-electron chi connectivity index (χ2n) is 6.24. The molecule has 4 rings (SSSR count). The first-order valence-electron chi connectivity index (χ1n) is 8.53. The number of pyridine rings is 2. The van der Waals surface area contributed by atoms with Crippen LogP contribution in [0.5, 0.6) is 0 Å². The summed E-state index contributed by atoms with van der Waals surface area (Å²) in [5.41, 5.74) is 10.1. The zero-order valence-electron chi connectivity index (χ0n) is 14.5. The highest BCUT2D eigenvalue weighted by atomic mass is 19.1. The van der Waals surface area contributed by atoms with E-state index in [-0.39, 0.29) is 0 Å². The van der Waals surface area contributed by atoms with Gasteiger partial charge in [-0.15, -0.1) is 0 Å². The van der Waals surface area contributed by atoms with Gasteiger partial charge in [0.2, 0.25) is 5.95 Å². The molecule has 1 aromatic carbocycles. The number of nitrogens with zero attached hydrogens (tertiary/aromatic N) is 3. The van der Waals surface area contributed by atoms with Crippen LogP contribution in [0.25, 0.3) is 11.3 Å². The quantitative estimate of drug-likeness (QED) is 0.544. The Labute approximate surface area is 155 Å². The van der Waals surface area contributed by atoms with E-state index >= 15 is 0 Å². The molecule has 0 aliphatic rings. The molecular weight excluding hydrogens is 343 g/mol. The molecule has 0 unspecified atom stereocenters. The number of nitrogens with two attached hydrogens (primary N) is 1. The molecule has 134 valence electrons. The van der Waals surface area contributed by atoms with Crippen molar-refractivity contribution >= 4 is 5.82 Å². The summed E-state index contributed by atoms with van der Waals surface area (Å²) in [4.78, 5) is 7.74. The summed E-state index contributed by atoms with van der Waals surface area (Å²) < 4.78 is 19.1. The predicted molar refractivity (Wildman–Crippen MR) is 100 cm³/mol. The topological polar surface area (TPSA) is 77.8 Å². The Bertz CT molecular complexity index is 1060. The lowest BCUT2D eigenvalue weighted by Gasteiger charge is -2.04. The van der Waals surface area contributed by atoms with Gasteiger partial charge in [0, 0.05) is 36.9 Å². The van der Waals surface area contributed by atoms with Crippen LogP contribution in [0.4, 0.5) is 10.2 Å². The van der Waals surface area contributed by atoms with Gasteiger partial charge in [-0.1, -0.05) is 35.5 Å². The average Bonchev–Trinajstić information content (AvgIpc) is 3.14. The number of aromatic nitrogens is 3. The minimum absolute atomic E-state index is 0.409. The van der Waals surface area contributed by atoms with E-state index in [2.05, 4.69) is 15.1 Å². The molecule has 0 aliphatic carbocycles. The van der Waals surface area contributed by atoms with Gasteiger partial charge in [-0.3, -0.25) is 0 Å². The third kappa shape index (κ3) is 3.84. The van der Waals surface area contributed by atoms with E-state index in [0.717, 1.165) is 22.4 Å². The Morgan fingerprint density at radius 3 is 2.33 bits per heavy atom. The molecule has 3 heterocycles. The average molecular weight is 360 g/mol. The molecule has 0 saturated heterocycles. The highest BCUT2D eigenvalue weighted by molar-refractivity contribution is 5.69. The molecule has 27 heavy (non-hydrogen) atoms. The Kier molecular flexibility index (Phi) is 4.61. The van der Waals surface area contributed by atoms with Crippen LogP contribution in [0.1, 0.15) is 22.4 Å². The van der Waals surface area contributed by atoms with Gasteiger partial charge in [0.1, 0.15) is 5.82 Å². The highest BCUT2D eigenvalue weighted by Gasteiger charge is 2.11. The van der Waals surface area contributed by atoms with Crippen molar-refractivity contribution in [3.63, 3.8) is 0 Å². The molecule has 0 saturated carbocycles. The lowest BCUT2D eigenvalue weighted by atomic mass is 10.0. The summed E-state index contributed by atoms with van der Waals surface area (Å²) in [6.45, 7) is 0. The van der Waals surface area contributed by atoms with Crippen molar-refractivity contribution in [1.82, 2.24) is 15.1 Å². The smallest absolute Gasteiger partial charge is 0.216 e. The van der Waals surface area contributed by atoms with E-state index in [9.17, 15) is 4.39 Å². The van der Waals surface area contributed by atoms with E-state index in [1.165, 1.54) is 6.20 Å². The summed E-state index contributed by atoms with van der Waals surface area (Å²) in [5, 5.41) is 4.11. The van der Waals surface area contributed by atoms with Crippen molar-refractivity contribution in [3.05, 3.63) is 95.3 Å². The third-order valence-electron chi connectivity index (χ3n) is 4.30. The molecule has 0 aliphatic heterocycles. The first-order chi connectivity index (χ1) is 13.2. The Hall–Kier alpha value is -3.54. The lowest BCUT2D eigenvalue weighted by molar-refractivity contribution is 0.425. The van der Waals surface area contributed by atoms with Crippen LogP contribution in [-0.4, -0.2) is 15.1 Å². The number of nitrogen functional groups attached to an aromatic ring is 1. The zero-order valence-corrected chi connectivity index (χ0v) is 14.5. The van der Waals surface area contributed by atoms with Crippen LogP contribution in [0.15, 0.2) is 71.5 Å². The number of hydrogen-bond donors (Lipinski definition) is 1. The van der Waals surface area contributed by atoms with Crippen molar-refractivity contribution in [2.24, 2.45) is 0 Å². The lowest BCUT2D eigenvalue weighted by Crippen LogP contribution is -1.95. The monoisotopic (exact) mass is 360 g/mol. The molecule has 0 radical (unpaired) electrons. The molecule has 0 bridgehead atoms. The summed E-state index contributed by atoms with van der Waals surface area (Å²) in [6, 6.07) is 17.0. The first kappa shape index (κ1) is 16.9. The van der Waals surface area contributed by atoms with Crippen LogP contribution < -0.4 is 5.73 Å². The summed E-state index contributed by atoms with van der Waals surface area (Å²) in [7, 11) is 0. The van der Waals surface area contributed by atoms with Crippen molar-refractivity contribution in [1.29, 1.82) is 0 Å². The minimum atomic E-state index is -0.425. The standard InChI is InChI=1S/C21H17FN4O/c22-20-16(3-1-9-24-20)11-14-5-7-15(8-6-14)12-17-13-19(27-26-17)18-4-2-10-25-21(18)23/h1-10,13H,11-12H2,(H2,23,25). The molecule has 2 N–H and O–H groups in total.